The summed E-state index contributed by atoms with van der Waals surface area (Å²) in [4.78, 5) is 21.3. The normalized spacial score (nSPS) is 12.1. The van der Waals surface area contributed by atoms with Gasteiger partial charge >= 0.3 is 5.97 Å². The predicted octanol–water partition coefficient (Wildman–Crippen LogP) is 3.04. The van der Waals surface area contributed by atoms with Crippen molar-refractivity contribution < 1.29 is 19.2 Å². The number of rotatable bonds is 5. The van der Waals surface area contributed by atoms with E-state index in [9.17, 15) is 24.4 Å². The first-order valence-electron chi connectivity index (χ1n) is 5.94. The number of halogens is 1. The molecular weight excluding hydrogens is 267 g/mol. The standard InChI is InChI=1S/C13H17FN2O4/c1-12(2,11(17)18)13(3,4)15-9-5-8(14)6-10(7-9)16(19)20/h5-7,15H,1-4H3,(H,17,18). The molecule has 0 unspecified atom stereocenters. The van der Waals surface area contributed by atoms with Gasteiger partial charge in [-0.2, -0.15) is 0 Å². The summed E-state index contributed by atoms with van der Waals surface area (Å²) >= 11 is 0. The Labute approximate surface area is 115 Å². The van der Waals surface area contributed by atoms with Gasteiger partial charge in [-0.25, -0.2) is 4.39 Å². The van der Waals surface area contributed by atoms with Crippen molar-refractivity contribution in [3.63, 3.8) is 0 Å². The number of carboxylic acids is 1. The fourth-order valence-electron chi connectivity index (χ4n) is 1.54. The topological polar surface area (TPSA) is 92.5 Å². The molecule has 0 atom stereocenters. The quantitative estimate of drug-likeness (QED) is 0.640. The average Bonchev–Trinajstić information content (AvgIpc) is 2.26. The van der Waals surface area contributed by atoms with Crippen LogP contribution < -0.4 is 5.32 Å². The third-order valence-electron chi connectivity index (χ3n) is 3.65. The summed E-state index contributed by atoms with van der Waals surface area (Å²) in [5.74, 6) is -1.79. The summed E-state index contributed by atoms with van der Waals surface area (Å²) < 4.78 is 13.4. The molecule has 0 saturated carbocycles. The van der Waals surface area contributed by atoms with Gasteiger partial charge < -0.3 is 10.4 Å². The lowest BCUT2D eigenvalue weighted by molar-refractivity contribution is -0.385. The molecule has 20 heavy (non-hydrogen) atoms. The van der Waals surface area contributed by atoms with Crippen LogP contribution in [0, 0.1) is 21.3 Å². The Morgan fingerprint density at radius 1 is 1.30 bits per heavy atom. The van der Waals surface area contributed by atoms with Crippen LogP contribution in [0.5, 0.6) is 0 Å². The van der Waals surface area contributed by atoms with Gasteiger partial charge in [-0.05, 0) is 33.8 Å². The van der Waals surface area contributed by atoms with Crippen LogP contribution in [-0.4, -0.2) is 21.5 Å². The molecule has 0 aliphatic rings. The van der Waals surface area contributed by atoms with Crippen LogP contribution in [0.15, 0.2) is 18.2 Å². The summed E-state index contributed by atoms with van der Waals surface area (Å²) in [5.41, 5.74) is -2.33. The summed E-state index contributed by atoms with van der Waals surface area (Å²) in [6.45, 7) is 6.32. The largest absolute Gasteiger partial charge is 0.481 e. The summed E-state index contributed by atoms with van der Waals surface area (Å²) in [5, 5.41) is 22.8. The molecule has 7 heteroatoms. The van der Waals surface area contributed by atoms with Gasteiger partial charge in [0.2, 0.25) is 0 Å². The molecule has 0 heterocycles. The molecule has 1 aromatic rings. The third-order valence-corrected chi connectivity index (χ3v) is 3.65. The van der Waals surface area contributed by atoms with Crippen molar-refractivity contribution in [3.05, 3.63) is 34.1 Å². The summed E-state index contributed by atoms with van der Waals surface area (Å²) in [7, 11) is 0. The zero-order valence-electron chi connectivity index (χ0n) is 11.7. The molecule has 1 rings (SSSR count). The van der Waals surface area contributed by atoms with Crippen molar-refractivity contribution in [2.24, 2.45) is 5.41 Å². The van der Waals surface area contributed by atoms with Crippen molar-refractivity contribution in [1.82, 2.24) is 0 Å². The Morgan fingerprint density at radius 2 is 1.85 bits per heavy atom. The molecule has 6 nitrogen and oxygen atoms in total. The molecule has 1 aromatic carbocycles. The van der Waals surface area contributed by atoms with Crippen molar-refractivity contribution >= 4 is 17.3 Å². The number of nitrogens with one attached hydrogen (secondary N) is 1. The Morgan fingerprint density at radius 3 is 2.30 bits per heavy atom. The van der Waals surface area contributed by atoms with Crippen molar-refractivity contribution in [1.29, 1.82) is 0 Å². The SMILES string of the molecule is CC(C)(Nc1cc(F)cc([N+](=O)[O-])c1)C(C)(C)C(=O)O. The first kappa shape index (κ1) is 15.9. The lowest BCUT2D eigenvalue weighted by atomic mass is 9.74. The molecule has 0 fully saturated rings. The maximum absolute atomic E-state index is 13.4. The Hall–Kier alpha value is -2.18. The summed E-state index contributed by atoms with van der Waals surface area (Å²) in [6, 6.07) is 3.07. The molecule has 0 aliphatic carbocycles. The number of nitro benzene ring substituents is 1. The van der Waals surface area contributed by atoms with Gasteiger partial charge in [0.15, 0.2) is 0 Å². The molecule has 2 N–H and O–H groups in total. The predicted molar refractivity (Wildman–Crippen MR) is 72.2 cm³/mol. The average molecular weight is 284 g/mol. The van der Waals surface area contributed by atoms with E-state index >= 15 is 0 Å². The van der Waals surface area contributed by atoms with Crippen molar-refractivity contribution in [3.8, 4) is 0 Å². The smallest absolute Gasteiger partial charge is 0.311 e. The van der Waals surface area contributed by atoms with E-state index in [1.807, 2.05) is 0 Å². The number of nitrogens with zero attached hydrogens (tertiary/aromatic N) is 1. The molecular formula is C13H17FN2O4. The second kappa shape index (κ2) is 5.07. The van der Waals surface area contributed by atoms with Gasteiger partial charge in [0.1, 0.15) is 5.82 Å². The van der Waals surface area contributed by atoms with E-state index in [0.717, 1.165) is 12.1 Å². The zero-order chi connectivity index (χ0) is 15.7. The maximum atomic E-state index is 13.4. The van der Waals surface area contributed by atoms with Gasteiger partial charge in [-0.1, -0.05) is 0 Å². The minimum Gasteiger partial charge on any atom is -0.481 e. The fraction of sp³-hybridized carbons (Fsp3) is 0.462. The minimum absolute atomic E-state index is 0.163. The van der Waals surface area contributed by atoms with E-state index in [1.165, 1.54) is 19.9 Å². The Balaban J connectivity index is 3.16. The minimum atomic E-state index is -1.16. The maximum Gasteiger partial charge on any atom is 0.311 e. The van der Waals surface area contributed by atoms with Crippen molar-refractivity contribution in [2.75, 3.05) is 5.32 Å². The molecule has 0 spiro atoms. The van der Waals surface area contributed by atoms with Crippen LogP contribution in [0.1, 0.15) is 27.7 Å². The molecule has 0 amide bonds. The highest BCUT2D eigenvalue weighted by atomic mass is 19.1. The van der Waals surface area contributed by atoms with E-state index in [4.69, 9.17) is 0 Å². The van der Waals surface area contributed by atoms with Gasteiger partial charge in [-0.3, -0.25) is 14.9 Å². The van der Waals surface area contributed by atoms with Crippen LogP contribution in [0.4, 0.5) is 15.8 Å². The van der Waals surface area contributed by atoms with Crippen LogP contribution in [0.25, 0.3) is 0 Å². The third kappa shape index (κ3) is 3.04. The summed E-state index contributed by atoms with van der Waals surface area (Å²) in [6.07, 6.45) is 0. The van der Waals surface area contributed by atoms with Gasteiger partial charge in [-0.15, -0.1) is 0 Å². The second-order valence-corrected chi connectivity index (χ2v) is 5.64. The highest BCUT2D eigenvalue weighted by Crippen LogP contribution is 2.34. The van der Waals surface area contributed by atoms with E-state index < -0.39 is 33.4 Å². The number of carbonyl (C=O) groups is 1. The van der Waals surface area contributed by atoms with Gasteiger partial charge in [0.05, 0.1) is 16.4 Å². The zero-order valence-corrected chi connectivity index (χ0v) is 11.7. The number of hydrogen-bond donors (Lipinski definition) is 2. The van der Waals surface area contributed by atoms with Gasteiger partial charge in [0.25, 0.3) is 5.69 Å². The Kier molecular flexibility index (Phi) is 4.02. The highest BCUT2D eigenvalue weighted by molar-refractivity contribution is 5.76. The van der Waals surface area contributed by atoms with Crippen LogP contribution in [0.2, 0.25) is 0 Å². The lowest BCUT2D eigenvalue weighted by Gasteiger charge is -2.39. The number of nitro groups is 1. The second-order valence-electron chi connectivity index (χ2n) is 5.64. The van der Waals surface area contributed by atoms with E-state index in [-0.39, 0.29) is 5.69 Å². The number of hydrogen-bond acceptors (Lipinski definition) is 4. The lowest BCUT2D eigenvalue weighted by Crippen LogP contribution is -2.50. The number of anilines is 1. The van der Waals surface area contributed by atoms with Crippen molar-refractivity contribution in [2.45, 2.75) is 33.2 Å². The van der Waals surface area contributed by atoms with E-state index in [1.54, 1.807) is 13.8 Å². The Bertz CT molecular complexity index is 555. The number of aliphatic carboxylic acids is 1. The van der Waals surface area contributed by atoms with Crippen LogP contribution in [0.3, 0.4) is 0 Å². The first-order chi connectivity index (χ1) is 8.97. The van der Waals surface area contributed by atoms with E-state index in [0.29, 0.717) is 0 Å². The van der Waals surface area contributed by atoms with Crippen LogP contribution >= 0.6 is 0 Å². The number of benzene rings is 1. The van der Waals surface area contributed by atoms with E-state index in [2.05, 4.69) is 5.32 Å². The number of carboxylic acid groups (broad SMARTS) is 1. The first-order valence-corrected chi connectivity index (χ1v) is 5.94. The highest BCUT2D eigenvalue weighted by Gasteiger charge is 2.43. The molecule has 0 saturated heterocycles. The molecule has 110 valence electrons. The van der Waals surface area contributed by atoms with Gasteiger partial charge in [0, 0.05) is 17.3 Å². The van der Waals surface area contributed by atoms with Crippen LogP contribution in [-0.2, 0) is 4.79 Å². The molecule has 0 radical (unpaired) electrons. The molecule has 0 bridgehead atoms. The fourth-order valence-corrected chi connectivity index (χ4v) is 1.54. The number of non-ortho nitro benzene ring substituents is 1. The molecule has 0 aliphatic heterocycles. The monoisotopic (exact) mass is 284 g/mol. The molecule has 0 aromatic heterocycles.